The molecule has 1 aromatic rings. The molecule has 0 saturated carbocycles. The zero-order valence-electron chi connectivity index (χ0n) is 6.73. The van der Waals surface area contributed by atoms with Crippen LogP contribution in [0.25, 0.3) is 6.08 Å². The van der Waals surface area contributed by atoms with Crippen LogP contribution < -0.4 is 4.74 Å². The second-order valence-corrected chi connectivity index (χ2v) is 2.10. The van der Waals surface area contributed by atoms with E-state index < -0.39 is 0 Å². The molecule has 0 aromatic carbocycles. The Balaban J connectivity index is 2.96. The Bertz CT molecular complexity index is 294. The number of methoxy groups -OCH3 is 1. The molecule has 0 atom stereocenters. The van der Waals surface area contributed by atoms with Gasteiger partial charge in [0.05, 0.1) is 7.11 Å². The van der Waals surface area contributed by atoms with Crippen LogP contribution in [0.2, 0.25) is 0 Å². The van der Waals surface area contributed by atoms with E-state index in [0.29, 0.717) is 12.2 Å². The lowest BCUT2D eigenvalue weighted by Gasteiger charge is -2.00. The maximum atomic E-state index is 10.0. The SMILES string of the molecule is COc1ncccc1/C=C/C=O. The largest absolute Gasteiger partial charge is 0.481 e. The zero-order chi connectivity index (χ0) is 8.81. The third-order valence-electron chi connectivity index (χ3n) is 1.35. The molecule has 0 fully saturated rings. The first-order valence-electron chi connectivity index (χ1n) is 3.49. The van der Waals surface area contributed by atoms with Crippen LogP contribution in [-0.2, 0) is 4.79 Å². The Morgan fingerprint density at radius 2 is 2.42 bits per heavy atom. The van der Waals surface area contributed by atoms with E-state index in [1.54, 1.807) is 25.4 Å². The molecule has 1 rings (SSSR count). The van der Waals surface area contributed by atoms with Crippen molar-refractivity contribution < 1.29 is 9.53 Å². The fourth-order valence-electron chi connectivity index (χ4n) is 0.844. The number of carbonyl (C=O) groups is 1. The monoisotopic (exact) mass is 163 g/mol. The number of hydrogen-bond acceptors (Lipinski definition) is 3. The molecular formula is C9H9NO2. The van der Waals surface area contributed by atoms with Crippen molar-refractivity contribution in [1.82, 2.24) is 4.98 Å². The molecule has 0 aliphatic carbocycles. The lowest BCUT2D eigenvalue weighted by molar-refractivity contribution is -0.104. The molecule has 12 heavy (non-hydrogen) atoms. The maximum absolute atomic E-state index is 10.0. The first-order chi connectivity index (χ1) is 5.88. The molecule has 0 radical (unpaired) electrons. The second-order valence-electron chi connectivity index (χ2n) is 2.10. The van der Waals surface area contributed by atoms with E-state index in [1.165, 1.54) is 6.08 Å². The average molecular weight is 163 g/mol. The molecule has 1 heterocycles. The first-order valence-corrected chi connectivity index (χ1v) is 3.49. The van der Waals surface area contributed by atoms with Crippen molar-refractivity contribution in [2.75, 3.05) is 7.11 Å². The third kappa shape index (κ3) is 1.92. The van der Waals surface area contributed by atoms with Gasteiger partial charge < -0.3 is 4.74 Å². The quantitative estimate of drug-likeness (QED) is 0.498. The van der Waals surface area contributed by atoms with Crippen LogP contribution in [0.4, 0.5) is 0 Å². The molecular weight excluding hydrogens is 154 g/mol. The summed E-state index contributed by atoms with van der Waals surface area (Å²) in [5, 5.41) is 0. The van der Waals surface area contributed by atoms with Crippen LogP contribution in [0.1, 0.15) is 5.56 Å². The number of nitrogens with zero attached hydrogens (tertiary/aromatic N) is 1. The first kappa shape index (κ1) is 8.46. The molecule has 0 aliphatic rings. The van der Waals surface area contributed by atoms with Crippen molar-refractivity contribution in [2.45, 2.75) is 0 Å². The van der Waals surface area contributed by atoms with Crippen LogP contribution in [0.5, 0.6) is 5.88 Å². The second kappa shape index (κ2) is 4.28. The Morgan fingerprint density at radius 1 is 1.58 bits per heavy atom. The van der Waals surface area contributed by atoms with E-state index in [2.05, 4.69) is 4.98 Å². The molecule has 0 bridgehead atoms. The van der Waals surface area contributed by atoms with E-state index in [0.717, 1.165) is 5.56 Å². The highest BCUT2D eigenvalue weighted by atomic mass is 16.5. The summed E-state index contributed by atoms with van der Waals surface area (Å²) in [6.07, 6.45) is 5.40. The summed E-state index contributed by atoms with van der Waals surface area (Å²) in [6.45, 7) is 0. The van der Waals surface area contributed by atoms with E-state index in [1.807, 2.05) is 6.07 Å². The molecule has 62 valence electrons. The van der Waals surface area contributed by atoms with Crippen molar-refractivity contribution in [3.8, 4) is 5.88 Å². The summed E-state index contributed by atoms with van der Waals surface area (Å²) < 4.78 is 4.96. The summed E-state index contributed by atoms with van der Waals surface area (Å²) in [7, 11) is 1.54. The average Bonchev–Trinajstić information content (AvgIpc) is 2.15. The van der Waals surface area contributed by atoms with Gasteiger partial charge in [0.25, 0.3) is 0 Å². The molecule has 0 spiro atoms. The molecule has 3 heteroatoms. The maximum Gasteiger partial charge on any atom is 0.220 e. The summed E-state index contributed by atoms with van der Waals surface area (Å²) >= 11 is 0. The predicted octanol–water partition coefficient (Wildman–Crippen LogP) is 1.30. The van der Waals surface area contributed by atoms with Crippen LogP contribution in [0.15, 0.2) is 24.4 Å². The smallest absolute Gasteiger partial charge is 0.220 e. The minimum absolute atomic E-state index is 0.524. The van der Waals surface area contributed by atoms with Gasteiger partial charge in [0.2, 0.25) is 5.88 Å². The summed E-state index contributed by atoms with van der Waals surface area (Å²) in [6, 6.07) is 3.61. The van der Waals surface area contributed by atoms with Gasteiger partial charge in [-0.2, -0.15) is 0 Å². The van der Waals surface area contributed by atoms with Crippen LogP contribution in [-0.4, -0.2) is 18.4 Å². The Labute approximate surface area is 70.7 Å². The number of hydrogen-bond donors (Lipinski definition) is 0. The lowest BCUT2D eigenvalue weighted by Crippen LogP contribution is -1.89. The summed E-state index contributed by atoms with van der Waals surface area (Å²) in [5.74, 6) is 0.524. The highest BCUT2D eigenvalue weighted by molar-refractivity contribution is 5.74. The minimum atomic E-state index is 0.524. The normalized spacial score (nSPS) is 10.1. The molecule has 1 aromatic heterocycles. The number of carbonyl (C=O) groups excluding carboxylic acids is 1. The van der Waals surface area contributed by atoms with Crippen molar-refractivity contribution in [2.24, 2.45) is 0 Å². The van der Waals surface area contributed by atoms with Crippen molar-refractivity contribution in [1.29, 1.82) is 0 Å². The van der Waals surface area contributed by atoms with Crippen molar-refractivity contribution >= 4 is 12.4 Å². The Hall–Kier alpha value is -1.64. The highest BCUT2D eigenvalue weighted by Crippen LogP contribution is 2.14. The minimum Gasteiger partial charge on any atom is -0.481 e. The van der Waals surface area contributed by atoms with Gasteiger partial charge in [0.15, 0.2) is 0 Å². The van der Waals surface area contributed by atoms with E-state index in [-0.39, 0.29) is 0 Å². The standard InChI is InChI=1S/C9H9NO2/c1-12-9-8(5-3-7-11)4-2-6-10-9/h2-7H,1H3/b5-3+. The van der Waals surface area contributed by atoms with E-state index in [4.69, 9.17) is 4.74 Å². The summed E-state index contributed by atoms with van der Waals surface area (Å²) in [5.41, 5.74) is 0.798. The summed E-state index contributed by atoms with van der Waals surface area (Å²) in [4.78, 5) is 14.0. The number of allylic oxidation sites excluding steroid dienone is 1. The molecule has 0 unspecified atom stereocenters. The van der Waals surface area contributed by atoms with Crippen LogP contribution in [0, 0.1) is 0 Å². The molecule has 0 saturated heterocycles. The van der Waals surface area contributed by atoms with E-state index >= 15 is 0 Å². The number of rotatable bonds is 3. The fraction of sp³-hybridized carbons (Fsp3) is 0.111. The van der Waals surface area contributed by atoms with Gasteiger partial charge >= 0.3 is 0 Å². The molecule has 0 N–H and O–H groups in total. The Morgan fingerprint density at radius 3 is 3.08 bits per heavy atom. The zero-order valence-corrected chi connectivity index (χ0v) is 6.73. The van der Waals surface area contributed by atoms with Gasteiger partial charge in [-0.15, -0.1) is 0 Å². The van der Waals surface area contributed by atoms with Crippen molar-refractivity contribution in [3.05, 3.63) is 30.0 Å². The van der Waals surface area contributed by atoms with Gasteiger partial charge in [0.1, 0.15) is 6.29 Å². The van der Waals surface area contributed by atoms with Crippen LogP contribution in [0.3, 0.4) is 0 Å². The highest BCUT2D eigenvalue weighted by Gasteiger charge is 1.96. The van der Waals surface area contributed by atoms with Gasteiger partial charge in [-0.05, 0) is 24.3 Å². The van der Waals surface area contributed by atoms with Gasteiger partial charge in [-0.1, -0.05) is 0 Å². The fourth-order valence-corrected chi connectivity index (χ4v) is 0.844. The number of aromatic nitrogens is 1. The van der Waals surface area contributed by atoms with E-state index in [9.17, 15) is 4.79 Å². The predicted molar refractivity (Wildman–Crippen MR) is 45.9 cm³/mol. The lowest BCUT2D eigenvalue weighted by atomic mass is 10.2. The molecule has 0 amide bonds. The number of ether oxygens (including phenoxy) is 1. The molecule has 3 nitrogen and oxygen atoms in total. The van der Waals surface area contributed by atoms with Gasteiger partial charge in [-0.3, -0.25) is 4.79 Å². The third-order valence-corrected chi connectivity index (χ3v) is 1.35. The topological polar surface area (TPSA) is 39.2 Å². The van der Waals surface area contributed by atoms with Crippen LogP contribution >= 0.6 is 0 Å². The van der Waals surface area contributed by atoms with Gasteiger partial charge in [0, 0.05) is 11.8 Å². The molecule has 0 aliphatic heterocycles. The number of aldehydes is 1. The Kier molecular flexibility index (Phi) is 3.02. The van der Waals surface area contributed by atoms with Crippen molar-refractivity contribution in [3.63, 3.8) is 0 Å². The van der Waals surface area contributed by atoms with Gasteiger partial charge in [-0.25, -0.2) is 4.98 Å². The number of pyridine rings is 1.